The van der Waals surface area contributed by atoms with Crippen LogP contribution in [0.25, 0.3) is 10.8 Å². The predicted octanol–water partition coefficient (Wildman–Crippen LogP) is 3.54. The molecule has 0 amide bonds. The summed E-state index contributed by atoms with van der Waals surface area (Å²) in [5.41, 5.74) is 1.44. The molecule has 28 heavy (non-hydrogen) atoms. The molecule has 0 atom stereocenters. The maximum absolute atomic E-state index is 8.52. The fourth-order valence-corrected chi connectivity index (χ4v) is 2.34. The van der Waals surface area contributed by atoms with Gasteiger partial charge in [-0.3, -0.25) is 13.3 Å². The Morgan fingerprint density at radius 1 is 1.07 bits per heavy atom. The van der Waals surface area contributed by atoms with Crippen molar-refractivity contribution >= 4 is 21.2 Å². The Hall–Kier alpha value is -1.65. The summed E-state index contributed by atoms with van der Waals surface area (Å²) in [6.07, 6.45) is 4.09. The van der Waals surface area contributed by atoms with Crippen molar-refractivity contribution in [2.75, 3.05) is 13.6 Å². The van der Waals surface area contributed by atoms with Gasteiger partial charge in [-0.2, -0.15) is 0 Å². The SMILES string of the molecule is CN(C/C=C/C#CC(C)(C)C)Cc1cccc2ccccc12.O=S(=O)([O-])[O-].[Mn+2]. The van der Waals surface area contributed by atoms with Crippen molar-refractivity contribution in [3.63, 3.8) is 0 Å². The van der Waals surface area contributed by atoms with Crippen LogP contribution in [0.2, 0.25) is 0 Å². The van der Waals surface area contributed by atoms with E-state index in [2.05, 4.69) is 93.1 Å². The molecule has 0 N–H and O–H groups in total. The van der Waals surface area contributed by atoms with Crippen LogP contribution in [0, 0.1) is 17.3 Å². The number of fused-ring (bicyclic) bond motifs is 1. The summed E-state index contributed by atoms with van der Waals surface area (Å²) in [6, 6.07) is 15.1. The zero-order chi connectivity index (χ0) is 20.5. The van der Waals surface area contributed by atoms with E-state index in [1.807, 2.05) is 6.08 Å². The molecular weight excluding hydrogens is 417 g/mol. The van der Waals surface area contributed by atoms with Crippen LogP contribution in [-0.2, 0) is 34.0 Å². The van der Waals surface area contributed by atoms with Gasteiger partial charge in [-0.1, -0.05) is 60.4 Å². The molecular formula is C21H25MnNO4S. The fraction of sp³-hybridized carbons (Fsp3) is 0.333. The first-order valence-electron chi connectivity index (χ1n) is 8.45. The summed E-state index contributed by atoms with van der Waals surface area (Å²) in [6.45, 7) is 8.22. The van der Waals surface area contributed by atoms with Crippen LogP contribution in [0.1, 0.15) is 26.3 Å². The first kappa shape index (κ1) is 26.3. The zero-order valence-corrected chi connectivity index (χ0v) is 18.5. The van der Waals surface area contributed by atoms with Gasteiger partial charge in [-0.15, -0.1) is 0 Å². The Kier molecular flexibility index (Phi) is 11.3. The minimum absolute atomic E-state index is 0. The maximum Gasteiger partial charge on any atom is 2.00 e. The van der Waals surface area contributed by atoms with Crippen molar-refractivity contribution < 1.29 is 34.6 Å². The number of allylic oxidation sites excluding steroid dienone is 1. The quantitative estimate of drug-likeness (QED) is 0.313. The molecule has 0 bridgehead atoms. The Balaban J connectivity index is 0.00000108. The van der Waals surface area contributed by atoms with Gasteiger partial charge in [-0.05, 0) is 50.2 Å². The molecule has 0 aliphatic rings. The van der Waals surface area contributed by atoms with Gasteiger partial charge in [0.1, 0.15) is 0 Å². The van der Waals surface area contributed by atoms with Crippen LogP contribution in [-0.4, -0.2) is 36.0 Å². The molecule has 2 aromatic carbocycles. The molecule has 0 spiro atoms. The third kappa shape index (κ3) is 12.7. The maximum atomic E-state index is 8.52. The molecule has 5 nitrogen and oxygen atoms in total. The first-order chi connectivity index (χ1) is 12.5. The zero-order valence-electron chi connectivity index (χ0n) is 16.5. The van der Waals surface area contributed by atoms with E-state index in [1.165, 1.54) is 16.3 Å². The van der Waals surface area contributed by atoms with Gasteiger partial charge in [0.25, 0.3) is 0 Å². The summed E-state index contributed by atoms with van der Waals surface area (Å²) in [5.74, 6) is 6.33. The third-order valence-electron chi connectivity index (χ3n) is 3.39. The Labute approximate surface area is 178 Å². The average molecular weight is 442 g/mol. The molecule has 0 aromatic heterocycles. The van der Waals surface area contributed by atoms with Crippen molar-refractivity contribution in [1.29, 1.82) is 0 Å². The minimum atomic E-state index is -5.17. The van der Waals surface area contributed by atoms with Crippen molar-refractivity contribution in [1.82, 2.24) is 4.90 Å². The van der Waals surface area contributed by atoms with Gasteiger partial charge in [-0.25, -0.2) is 0 Å². The van der Waals surface area contributed by atoms with Crippen LogP contribution in [0.4, 0.5) is 0 Å². The van der Waals surface area contributed by atoms with E-state index in [4.69, 9.17) is 17.5 Å². The number of hydrogen-bond donors (Lipinski definition) is 0. The van der Waals surface area contributed by atoms with Crippen molar-refractivity contribution in [2.24, 2.45) is 5.41 Å². The number of rotatable bonds is 4. The molecule has 0 fully saturated rings. The average Bonchev–Trinajstić information content (AvgIpc) is 2.52. The molecule has 0 heterocycles. The number of nitrogens with zero attached hydrogens (tertiary/aromatic N) is 1. The van der Waals surface area contributed by atoms with Crippen LogP contribution < -0.4 is 0 Å². The summed E-state index contributed by atoms with van der Waals surface area (Å²) < 4.78 is 34.1. The molecule has 7 heteroatoms. The van der Waals surface area contributed by atoms with Crippen LogP contribution >= 0.6 is 0 Å². The first-order valence-corrected chi connectivity index (χ1v) is 9.78. The largest absolute Gasteiger partial charge is 2.00 e. The van der Waals surface area contributed by atoms with E-state index < -0.39 is 10.4 Å². The Morgan fingerprint density at radius 3 is 2.25 bits per heavy atom. The molecule has 151 valence electrons. The van der Waals surface area contributed by atoms with E-state index in [0.29, 0.717) is 0 Å². The van der Waals surface area contributed by atoms with Crippen LogP contribution in [0.5, 0.6) is 0 Å². The summed E-state index contributed by atoms with van der Waals surface area (Å²) in [4.78, 5) is 2.30. The van der Waals surface area contributed by atoms with Crippen molar-refractivity contribution in [3.8, 4) is 11.8 Å². The topological polar surface area (TPSA) is 83.5 Å². The van der Waals surface area contributed by atoms with E-state index >= 15 is 0 Å². The number of hydrogen-bond acceptors (Lipinski definition) is 5. The monoisotopic (exact) mass is 442 g/mol. The second kappa shape index (κ2) is 12.0. The van der Waals surface area contributed by atoms with E-state index in [9.17, 15) is 0 Å². The van der Waals surface area contributed by atoms with Crippen LogP contribution in [0.15, 0.2) is 54.6 Å². The molecule has 0 aliphatic heterocycles. The molecule has 0 aliphatic carbocycles. The predicted molar refractivity (Wildman–Crippen MR) is 107 cm³/mol. The van der Waals surface area contributed by atoms with Crippen molar-refractivity contribution in [2.45, 2.75) is 27.3 Å². The third-order valence-corrected chi connectivity index (χ3v) is 3.39. The van der Waals surface area contributed by atoms with Gasteiger partial charge >= 0.3 is 17.1 Å². The van der Waals surface area contributed by atoms with Crippen molar-refractivity contribution in [3.05, 3.63) is 60.2 Å². The molecule has 2 aromatic rings. The number of benzene rings is 2. The molecule has 0 unspecified atom stereocenters. The second-order valence-electron chi connectivity index (χ2n) is 7.16. The van der Waals surface area contributed by atoms with Crippen LogP contribution in [0.3, 0.4) is 0 Å². The van der Waals surface area contributed by atoms with E-state index in [0.717, 1.165) is 13.1 Å². The van der Waals surface area contributed by atoms with E-state index in [-0.39, 0.29) is 22.5 Å². The Morgan fingerprint density at radius 2 is 1.64 bits per heavy atom. The molecule has 1 radical (unpaired) electrons. The molecule has 0 saturated heterocycles. The molecule has 2 rings (SSSR count). The van der Waals surface area contributed by atoms with Gasteiger partial charge in [0.05, 0.1) is 0 Å². The standard InChI is InChI=1S/C21H25N.Mn.H2O4S/c1-21(2,3)15-8-5-9-16-22(4)17-19-13-10-12-18-11-6-7-14-20(18)19;;1-5(2,3)4/h5-7,9-14H,16-17H2,1-4H3;;(H2,1,2,3,4)/q;+2;/p-2/b9-5+;;. The number of likely N-dealkylation sites (N-methyl/N-ethyl adjacent to an activating group) is 1. The fourth-order valence-electron chi connectivity index (χ4n) is 2.34. The van der Waals surface area contributed by atoms with E-state index in [1.54, 1.807) is 0 Å². The summed E-state index contributed by atoms with van der Waals surface area (Å²) >= 11 is 0. The molecule has 0 saturated carbocycles. The Bertz CT molecular complexity index is 925. The van der Waals surface area contributed by atoms with Gasteiger partial charge in [0, 0.05) is 28.9 Å². The van der Waals surface area contributed by atoms with Gasteiger partial charge in [0.2, 0.25) is 0 Å². The smallest absolute Gasteiger partial charge is 0.759 e. The van der Waals surface area contributed by atoms with Gasteiger partial charge < -0.3 is 9.11 Å². The summed E-state index contributed by atoms with van der Waals surface area (Å²) in [7, 11) is -3.02. The second-order valence-corrected chi connectivity index (χ2v) is 7.98. The normalized spacial score (nSPS) is 11.4. The minimum Gasteiger partial charge on any atom is -0.759 e. The van der Waals surface area contributed by atoms with Gasteiger partial charge in [0.15, 0.2) is 0 Å². The summed E-state index contributed by atoms with van der Waals surface area (Å²) in [5, 5.41) is 2.65.